The van der Waals surface area contributed by atoms with Gasteiger partial charge in [0.1, 0.15) is 11.6 Å². The van der Waals surface area contributed by atoms with Crippen LogP contribution in [0.25, 0.3) is 16.7 Å². The van der Waals surface area contributed by atoms with Crippen LogP contribution in [0.2, 0.25) is 0 Å². The average Bonchev–Trinajstić information content (AvgIpc) is 3.34. The topological polar surface area (TPSA) is 86.3 Å². The zero-order valence-electron chi connectivity index (χ0n) is 16.1. The number of aromatic nitrogens is 2. The fourth-order valence-corrected chi connectivity index (χ4v) is 3.97. The Kier molecular flexibility index (Phi) is 4.36. The largest absolute Gasteiger partial charge is 0.507 e. The molecular weight excluding hydrogens is 397 g/mol. The molecule has 1 atom stereocenters. The Labute approximate surface area is 176 Å². The number of pyridine rings is 1. The van der Waals surface area contributed by atoms with Crippen LogP contribution >= 0.6 is 0 Å². The molecule has 31 heavy (non-hydrogen) atoms. The Morgan fingerprint density at radius 3 is 2.45 bits per heavy atom. The molecule has 5 rings (SSSR count). The van der Waals surface area contributed by atoms with Crippen molar-refractivity contribution in [2.45, 2.75) is 6.04 Å². The summed E-state index contributed by atoms with van der Waals surface area (Å²) in [6.45, 7) is 0. The van der Waals surface area contributed by atoms with Crippen LogP contribution in [0.1, 0.15) is 17.2 Å². The lowest BCUT2D eigenvalue weighted by Gasteiger charge is -2.25. The molecule has 6 nitrogen and oxygen atoms in total. The third-order valence-electron chi connectivity index (χ3n) is 5.42. The van der Waals surface area contributed by atoms with Crippen molar-refractivity contribution in [3.63, 3.8) is 0 Å². The van der Waals surface area contributed by atoms with Crippen LogP contribution in [0.4, 0.5) is 10.1 Å². The molecule has 2 aromatic carbocycles. The molecule has 4 aromatic rings. The fraction of sp³-hybridized carbons (Fsp3) is 0.0417. The number of ketones is 1. The normalized spacial score (nSPS) is 18.1. The highest BCUT2D eigenvalue weighted by Crippen LogP contribution is 2.42. The summed E-state index contributed by atoms with van der Waals surface area (Å²) in [6.07, 6.45) is 4.70. The van der Waals surface area contributed by atoms with Gasteiger partial charge in [-0.2, -0.15) is 0 Å². The summed E-state index contributed by atoms with van der Waals surface area (Å²) in [7, 11) is 0. The van der Waals surface area contributed by atoms with E-state index in [1.807, 2.05) is 24.3 Å². The number of amides is 1. The van der Waals surface area contributed by atoms with Gasteiger partial charge >= 0.3 is 0 Å². The predicted molar refractivity (Wildman–Crippen MR) is 114 cm³/mol. The van der Waals surface area contributed by atoms with Crippen LogP contribution in [0.5, 0.6) is 0 Å². The highest BCUT2D eigenvalue weighted by atomic mass is 19.1. The van der Waals surface area contributed by atoms with E-state index in [4.69, 9.17) is 0 Å². The Hall–Kier alpha value is -4.26. The van der Waals surface area contributed by atoms with Crippen LogP contribution < -0.4 is 4.90 Å². The molecule has 1 saturated heterocycles. The van der Waals surface area contributed by atoms with Gasteiger partial charge in [0.15, 0.2) is 0 Å². The third-order valence-corrected chi connectivity index (χ3v) is 5.42. The maximum absolute atomic E-state index is 13.5. The van der Waals surface area contributed by atoms with Gasteiger partial charge in [-0.05, 0) is 48.0 Å². The number of nitrogens with one attached hydrogen (secondary N) is 1. The molecule has 1 unspecified atom stereocenters. The van der Waals surface area contributed by atoms with E-state index < -0.39 is 23.5 Å². The van der Waals surface area contributed by atoms with Gasteiger partial charge in [-0.15, -0.1) is 0 Å². The molecule has 2 aromatic heterocycles. The van der Waals surface area contributed by atoms with Crippen molar-refractivity contribution in [1.29, 1.82) is 0 Å². The van der Waals surface area contributed by atoms with E-state index >= 15 is 0 Å². The minimum atomic E-state index is -0.887. The van der Waals surface area contributed by atoms with Crippen molar-refractivity contribution in [3.8, 4) is 0 Å². The van der Waals surface area contributed by atoms with Gasteiger partial charge in [0.25, 0.3) is 11.7 Å². The summed E-state index contributed by atoms with van der Waals surface area (Å²) in [5, 5.41) is 11.9. The molecule has 1 aliphatic heterocycles. The Bertz CT molecular complexity index is 1340. The molecule has 2 N–H and O–H groups in total. The summed E-state index contributed by atoms with van der Waals surface area (Å²) in [5.41, 5.74) is 2.12. The summed E-state index contributed by atoms with van der Waals surface area (Å²) in [5.74, 6) is -2.34. The highest BCUT2D eigenvalue weighted by molar-refractivity contribution is 6.51. The highest BCUT2D eigenvalue weighted by Gasteiger charge is 2.47. The van der Waals surface area contributed by atoms with Gasteiger partial charge < -0.3 is 10.1 Å². The van der Waals surface area contributed by atoms with Crippen molar-refractivity contribution in [2.24, 2.45) is 0 Å². The monoisotopic (exact) mass is 413 g/mol. The van der Waals surface area contributed by atoms with E-state index in [-0.39, 0.29) is 11.3 Å². The molecule has 3 heterocycles. The number of para-hydroxylation sites is 1. The molecule has 152 valence electrons. The van der Waals surface area contributed by atoms with Crippen molar-refractivity contribution in [1.82, 2.24) is 9.97 Å². The Morgan fingerprint density at radius 2 is 1.71 bits per heavy atom. The molecule has 0 spiro atoms. The van der Waals surface area contributed by atoms with Crippen LogP contribution in [0, 0.1) is 5.82 Å². The first kappa shape index (κ1) is 18.7. The van der Waals surface area contributed by atoms with Gasteiger partial charge in [0.2, 0.25) is 0 Å². The number of rotatable bonds is 3. The number of fused-ring (bicyclic) bond motifs is 1. The number of Topliss-reactive ketones (excluding diaryl/α,β-unsaturated/α-hetero) is 1. The Balaban J connectivity index is 1.75. The fourth-order valence-electron chi connectivity index (χ4n) is 3.97. The van der Waals surface area contributed by atoms with Gasteiger partial charge in [0.05, 0.1) is 11.6 Å². The van der Waals surface area contributed by atoms with Crippen molar-refractivity contribution in [3.05, 3.63) is 102 Å². The SMILES string of the molecule is O=C1C(=O)N(c2ccc(F)cc2)C(c2ccncc2)/C1=C(/O)c1c[nH]c2ccccc12. The third kappa shape index (κ3) is 2.98. The number of benzene rings is 2. The van der Waals surface area contributed by atoms with Crippen LogP contribution in [-0.4, -0.2) is 26.8 Å². The number of carbonyl (C=O) groups is 2. The van der Waals surface area contributed by atoms with E-state index in [9.17, 15) is 19.1 Å². The number of aromatic amines is 1. The summed E-state index contributed by atoms with van der Waals surface area (Å²) in [4.78, 5) is 34.5. The van der Waals surface area contributed by atoms with Gasteiger partial charge in [-0.25, -0.2) is 4.39 Å². The lowest BCUT2D eigenvalue weighted by Crippen LogP contribution is -2.29. The maximum Gasteiger partial charge on any atom is 0.300 e. The second kappa shape index (κ2) is 7.21. The van der Waals surface area contributed by atoms with Gasteiger partial charge in [0, 0.05) is 40.7 Å². The number of nitrogens with zero attached hydrogens (tertiary/aromatic N) is 2. The summed E-state index contributed by atoms with van der Waals surface area (Å²) < 4.78 is 13.5. The molecule has 1 fully saturated rings. The molecule has 0 aliphatic carbocycles. The van der Waals surface area contributed by atoms with Crippen molar-refractivity contribution in [2.75, 3.05) is 4.90 Å². The first-order chi connectivity index (χ1) is 15.1. The van der Waals surface area contributed by atoms with Crippen LogP contribution in [-0.2, 0) is 9.59 Å². The lowest BCUT2D eigenvalue weighted by atomic mass is 9.95. The summed E-state index contributed by atoms with van der Waals surface area (Å²) >= 11 is 0. The molecular formula is C24H16FN3O3. The quantitative estimate of drug-likeness (QED) is 0.297. The molecule has 1 amide bonds. The van der Waals surface area contributed by atoms with E-state index in [0.717, 1.165) is 10.9 Å². The number of halogens is 1. The molecule has 0 radical (unpaired) electrons. The number of aliphatic hydroxyl groups excluding tert-OH is 1. The van der Waals surface area contributed by atoms with E-state index in [2.05, 4.69) is 9.97 Å². The van der Waals surface area contributed by atoms with Gasteiger partial charge in [-0.1, -0.05) is 18.2 Å². The maximum atomic E-state index is 13.5. The second-order valence-corrected chi connectivity index (χ2v) is 7.17. The van der Waals surface area contributed by atoms with Crippen molar-refractivity contribution >= 4 is 34.0 Å². The van der Waals surface area contributed by atoms with Crippen molar-refractivity contribution < 1.29 is 19.1 Å². The molecule has 1 aliphatic rings. The van der Waals surface area contributed by atoms with E-state index in [1.165, 1.54) is 29.2 Å². The van der Waals surface area contributed by atoms with Gasteiger partial charge in [-0.3, -0.25) is 19.5 Å². The zero-order chi connectivity index (χ0) is 21.5. The first-order valence-corrected chi connectivity index (χ1v) is 9.59. The lowest BCUT2D eigenvalue weighted by molar-refractivity contribution is -0.132. The average molecular weight is 413 g/mol. The number of aliphatic hydroxyl groups is 1. The minimum Gasteiger partial charge on any atom is -0.507 e. The summed E-state index contributed by atoms with van der Waals surface area (Å²) in [6, 6.07) is 15.1. The van der Waals surface area contributed by atoms with E-state index in [1.54, 1.807) is 30.7 Å². The second-order valence-electron chi connectivity index (χ2n) is 7.17. The number of hydrogen-bond acceptors (Lipinski definition) is 4. The number of H-pyrrole nitrogens is 1. The molecule has 7 heteroatoms. The minimum absolute atomic E-state index is 0.0368. The zero-order valence-corrected chi connectivity index (χ0v) is 16.1. The predicted octanol–water partition coefficient (Wildman–Crippen LogP) is 4.33. The van der Waals surface area contributed by atoms with Crippen LogP contribution in [0.3, 0.4) is 0 Å². The smallest absolute Gasteiger partial charge is 0.300 e. The van der Waals surface area contributed by atoms with E-state index in [0.29, 0.717) is 16.8 Å². The van der Waals surface area contributed by atoms with Crippen LogP contribution in [0.15, 0.2) is 84.8 Å². The molecule has 0 saturated carbocycles. The first-order valence-electron chi connectivity index (χ1n) is 9.59. The molecule has 0 bridgehead atoms. The number of hydrogen-bond donors (Lipinski definition) is 2. The standard InChI is InChI=1S/C24H16FN3O3/c25-15-5-7-16(8-6-15)28-21(14-9-11-26-12-10-14)20(23(30)24(28)31)22(29)18-13-27-19-4-2-1-3-17(18)19/h1-13,21,27,29H/b22-20-. The number of carbonyl (C=O) groups excluding carboxylic acids is 2. The number of anilines is 1. The Morgan fingerprint density at radius 1 is 1.00 bits per heavy atom.